The van der Waals surface area contributed by atoms with Gasteiger partial charge in [-0.2, -0.15) is 5.26 Å². The number of hydrogen-bond donors (Lipinski definition) is 1. The van der Waals surface area contributed by atoms with Crippen LogP contribution in [0.5, 0.6) is 0 Å². The summed E-state index contributed by atoms with van der Waals surface area (Å²) >= 11 is 1.42. The molecule has 3 rings (SSSR count). The number of hydrogen-bond acceptors (Lipinski definition) is 4. The maximum Gasteiger partial charge on any atom is 0.102 e. The summed E-state index contributed by atoms with van der Waals surface area (Å²) in [5.74, 6) is 3.91. The molecule has 0 spiro atoms. The number of nitrogens with two attached hydrogens (primary N) is 1. The molecule has 2 heterocycles. The fraction of sp³-hybridized carbons (Fsp3) is 0.143. The van der Waals surface area contributed by atoms with Crippen molar-refractivity contribution in [2.24, 2.45) is 5.73 Å². The minimum absolute atomic E-state index is 0.208. The molecule has 1 aliphatic rings. The summed E-state index contributed by atoms with van der Waals surface area (Å²) in [6, 6.07) is 10.9. The van der Waals surface area contributed by atoms with Crippen LogP contribution in [0.25, 0.3) is 0 Å². The third-order valence-electron chi connectivity index (χ3n) is 3.36. The van der Waals surface area contributed by atoms with Crippen molar-refractivity contribution < 1.29 is 4.21 Å². The molecule has 0 fully saturated rings. The van der Waals surface area contributed by atoms with Gasteiger partial charge < -0.3 is 5.73 Å². The predicted octanol–water partition coefficient (Wildman–Crippen LogP) is 2.13. The van der Waals surface area contributed by atoms with Crippen LogP contribution >= 0.6 is 11.3 Å². The van der Waals surface area contributed by atoms with Crippen molar-refractivity contribution in [1.82, 2.24) is 0 Å². The number of anilines is 1. The highest BCUT2D eigenvalue weighted by Gasteiger charge is 2.32. The molecule has 0 radical (unpaired) electrons. The van der Waals surface area contributed by atoms with E-state index in [-0.39, 0.29) is 6.04 Å². The first-order valence-corrected chi connectivity index (χ1v) is 8.58. The lowest BCUT2D eigenvalue weighted by Crippen LogP contribution is -2.30. The van der Waals surface area contributed by atoms with Gasteiger partial charge >= 0.3 is 0 Å². The predicted molar refractivity (Wildman–Crippen MR) is 83.3 cm³/mol. The number of nitrogens with zero attached hydrogens (tertiary/aromatic N) is 2. The van der Waals surface area contributed by atoms with E-state index in [9.17, 15) is 4.21 Å². The number of fused-ring (bicyclic) bond motifs is 1. The standard InChI is InChI=1S/C14H13N3OS2/c1-20(18,14-3-2-6-19-14)17-9-12(16)11-5-4-10(8-15)7-13(11)17/h2-7,12H,1,9,16H2/t12-,20?/m1/s1. The van der Waals surface area contributed by atoms with Gasteiger partial charge in [0.05, 0.1) is 39.6 Å². The van der Waals surface area contributed by atoms with Crippen LogP contribution in [0, 0.1) is 11.3 Å². The molecule has 1 aromatic heterocycles. The summed E-state index contributed by atoms with van der Waals surface area (Å²) in [5.41, 5.74) is 8.30. The number of thiophene rings is 1. The molecule has 102 valence electrons. The maximum absolute atomic E-state index is 13.0. The van der Waals surface area contributed by atoms with Crippen molar-refractivity contribution >= 4 is 32.6 Å². The first-order chi connectivity index (χ1) is 9.54. The average Bonchev–Trinajstić information content (AvgIpc) is 3.07. The highest BCUT2D eigenvalue weighted by Crippen LogP contribution is 2.38. The SMILES string of the molecule is C=S(=O)(c1cccs1)N1C[C@@H](N)c2ccc(C#N)cc21. The maximum atomic E-state index is 13.0. The van der Waals surface area contributed by atoms with Crippen LogP contribution in [-0.2, 0) is 9.71 Å². The molecule has 2 atom stereocenters. The number of benzene rings is 1. The molecule has 1 aromatic carbocycles. The second-order valence-corrected chi connectivity index (χ2v) is 7.99. The van der Waals surface area contributed by atoms with E-state index in [4.69, 9.17) is 11.0 Å². The van der Waals surface area contributed by atoms with E-state index < -0.39 is 9.71 Å². The van der Waals surface area contributed by atoms with Crippen molar-refractivity contribution in [3.05, 3.63) is 46.8 Å². The Labute approximate surface area is 122 Å². The van der Waals surface area contributed by atoms with Crippen LogP contribution in [0.2, 0.25) is 0 Å². The first-order valence-electron chi connectivity index (χ1n) is 6.02. The molecule has 0 amide bonds. The molecule has 6 heteroatoms. The Kier molecular flexibility index (Phi) is 3.05. The lowest BCUT2D eigenvalue weighted by Gasteiger charge is -2.23. The Morgan fingerprint density at radius 1 is 1.50 bits per heavy atom. The van der Waals surface area contributed by atoms with Gasteiger partial charge in [-0.15, -0.1) is 11.3 Å². The smallest absolute Gasteiger partial charge is 0.102 e. The van der Waals surface area contributed by atoms with Gasteiger partial charge in [0.25, 0.3) is 0 Å². The van der Waals surface area contributed by atoms with Crippen molar-refractivity contribution in [3.8, 4) is 6.07 Å². The minimum atomic E-state index is -2.60. The van der Waals surface area contributed by atoms with E-state index in [0.717, 1.165) is 15.5 Å². The van der Waals surface area contributed by atoms with Gasteiger partial charge in [-0.1, -0.05) is 12.1 Å². The Balaban J connectivity index is 2.14. The van der Waals surface area contributed by atoms with E-state index in [2.05, 4.69) is 11.9 Å². The van der Waals surface area contributed by atoms with Gasteiger partial charge in [0, 0.05) is 0 Å². The third kappa shape index (κ3) is 1.91. The van der Waals surface area contributed by atoms with Crippen LogP contribution in [0.15, 0.2) is 39.9 Å². The van der Waals surface area contributed by atoms with E-state index in [0.29, 0.717) is 12.1 Å². The van der Waals surface area contributed by atoms with Gasteiger partial charge in [-0.25, -0.2) is 4.21 Å². The van der Waals surface area contributed by atoms with Crippen LogP contribution in [-0.4, -0.2) is 16.6 Å². The molecule has 20 heavy (non-hydrogen) atoms. The summed E-state index contributed by atoms with van der Waals surface area (Å²) in [6.45, 7) is 0.449. The Morgan fingerprint density at radius 3 is 2.95 bits per heavy atom. The second-order valence-electron chi connectivity index (χ2n) is 4.63. The molecule has 4 nitrogen and oxygen atoms in total. The Hall–Kier alpha value is -1.81. The highest BCUT2D eigenvalue weighted by atomic mass is 32.2. The average molecular weight is 303 g/mol. The van der Waals surface area contributed by atoms with Gasteiger partial charge in [-0.05, 0) is 35.0 Å². The quantitative estimate of drug-likeness (QED) is 0.864. The number of rotatable bonds is 2. The summed E-state index contributed by atoms with van der Waals surface area (Å²) in [6.07, 6.45) is 0. The summed E-state index contributed by atoms with van der Waals surface area (Å²) in [4.78, 5) is 0. The van der Waals surface area contributed by atoms with Crippen LogP contribution in [0.1, 0.15) is 17.2 Å². The second kappa shape index (κ2) is 4.63. The monoisotopic (exact) mass is 303 g/mol. The third-order valence-corrected chi connectivity index (χ3v) is 6.91. The zero-order valence-electron chi connectivity index (χ0n) is 10.7. The van der Waals surface area contributed by atoms with Gasteiger partial charge in [0.2, 0.25) is 0 Å². The van der Waals surface area contributed by atoms with E-state index in [1.54, 1.807) is 16.4 Å². The normalized spacial score (nSPS) is 20.2. The Bertz CT molecular complexity index is 788. The zero-order chi connectivity index (χ0) is 14.3. The lowest BCUT2D eigenvalue weighted by molar-refractivity contribution is 0.675. The molecule has 2 N–H and O–H groups in total. The first kappa shape index (κ1) is 13.2. The fourth-order valence-corrected chi connectivity index (χ4v) is 5.22. The van der Waals surface area contributed by atoms with E-state index in [1.165, 1.54) is 11.3 Å². The molecule has 2 aromatic rings. The molecule has 1 aliphatic heterocycles. The zero-order valence-corrected chi connectivity index (χ0v) is 12.3. The number of nitriles is 1. The molecule has 0 aliphatic carbocycles. The van der Waals surface area contributed by atoms with Crippen molar-refractivity contribution in [1.29, 1.82) is 5.26 Å². The molecular weight excluding hydrogens is 290 g/mol. The fourth-order valence-electron chi connectivity index (χ4n) is 2.35. The Morgan fingerprint density at radius 2 is 2.30 bits per heavy atom. The van der Waals surface area contributed by atoms with Crippen molar-refractivity contribution in [2.45, 2.75) is 10.3 Å². The van der Waals surface area contributed by atoms with Crippen LogP contribution < -0.4 is 10.0 Å². The topological polar surface area (TPSA) is 70.1 Å². The molecule has 0 saturated heterocycles. The van der Waals surface area contributed by atoms with Crippen LogP contribution in [0.3, 0.4) is 0 Å². The van der Waals surface area contributed by atoms with Gasteiger partial charge in [-0.3, -0.25) is 4.31 Å². The van der Waals surface area contributed by atoms with Crippen LogP contribution in [0.4, 0.5) is 5.69 Å². The van der Waals surface area contributed by atoms with Gasteiger partial charge in [0.1, 0.15) is 4.21 Å². The summed E-state index contributed by atoms with van der Waals surface area (Å²) in [7, 11) is -2.60. The van der Waals surface area contributed by atoms with Crippen molar-refractivity contribution in [3.63, 3.8) is 0 Å². The van der Waals surface area contributed by atoms with Gasteiger partial charge in [0.15, 0.2) is 0 Å². The molecule has 0 bridgehead atoms. The minimum Gasteiger partial charge on any atom is -0.322 e. The van der Waals surface area contributed by atoms with E-state index >= 15 is 0 Å². The largest absolute Gasteiger partial charge is 0.322 e. The highest BCUT2D eigenvalue weighted by molar-refractivity contribution is 8.03. The molecular formula is C14H13N3OS2. The summed E-state index contributed by atoms with van der Waals surface area (Å²) in [5, 5.41) is 10.9. The summed E-state index contributed by atoms with van der Waals surface area (Å²) < 4.78 is 15.5. The molecule has 1 unspecified atom stereocenters. The molecule has 0 saturated carbocycles. The van der Waals surface area contributed by atoms with E-state index in [1.807, 2.05) is 23.6 Å². The lowest BCUT2D eigenvalue weighted by atomic mass is 10.1. The van der Waals surface area contributed by atoms with Crippen molar-refractivity contribution in [2.75, 3.05) is 10.8 Å².